The van der Waals surface area contributed by atoms with E-state index < -0.39 is 5.82 Å². The fourth-order valence-electron chi connectivity index (χ4n) is 2.74. The molecule has 0 aliphatic carbocycles. The zero-order valence-electron chi connectivity index (χ0n) is 14.1. The summed E-state index contributed by atoms with van der Waals surface area (Å²) in [5, 5.41) is 2.88. The van der Waals surface area contributed by atoms with Crippen LogP contribution < -0.4 is 5.32 Å². The van der Waals surface area contributed by atoms with Crippen LogP contribution in [0.15, 0.2) is 23.1 Å². The van der Waals surface area contributed by atoms with E-state index in [1.165, 1.54) is 45.3 Å². The summed E-state index contributed by atoms with van der Waals surface area (Å²) in [5.41, 5.74) is 0.346. The van der Waals surface area contributed by atoms with Gasteiger partial charge in [0.25, 0.3) is 0 Å². The quantitative estimate of drug-likeness (QED) is 0.444. The molecule has 1 aliphatic heterocycles. The van der Waals surface area contributed by atoms with Gasteiger partial charge in [0.1, 0.15) is 5.82 Å². The Morgan fingerprint density at radius 1 is 1.25 bits per heavy atom. The van der Waals surface area contributed by atoms with E-state index in [0.29, 0.717) is 17.0 Å². The minimum atomic E-state index is -0.453. The van der Waals surface area contributed by atoms with Crippen LogP contribution in [0.2, 0.25) is 0 Å². The number of rotatable bonds is 8. The Morgan fingerprint density at radius 2 is 2.00 bits per heavy atom. The second-order valence-corrected chi connectivity index (χ2v) is 7.11. The van der Waals surface area contributed by atoms with Gasteiger partial charge in [-0.25, -0.2) is 4.39 Å². The average Bonchev–Trinajstić information content (AvgIpc) is 2.58. The third-order valence-electron chi connectivity index (χ3n) is 4.12. The first kappa shape index (κ1) is 18.9. The molecule has 0 unspecified atom stereocenters. The number of halogens is 1. The average molecular weight is 352 g/mol. The number of carbonyl (C=O) groups excluding carboxylic acids is 2. The lowest BCUT2D eigenvalue weighted by molar-refractivity contribution is -0.118. The van der Waals surface area contributed by atoms with Crippen molar-refractivity contribution in [2.24, 2.45) is 0 Å². The van der Waals surface area contributed by atoms with Gasteiger partial charge in [-0.2, -0.15) is 0 Å². The summed E-state index contributed by atoms with van der Waals surface area (Å²) in [7, 11) is 0. The summed E-state index contributed by atoms with van der Waals surface area (Å²) in [4.78, 5) is 25.9. The smallest absolute Gasteiger partial charge is 0.230 e. The van der Waals surface area contributed by atoms with E-state index in [4.69, 9.17) is 0 Å². The van der Waals surface area contributed by atoms with Crippen LogP contribution in [0.25, 0.3) is 0 Å². The van der Waals surface area contributed by atoms with Crippen molar-refractivity contribution in [1.29, 1.82) is 0 Å². The van der Waals surface area contributed by atoms with E-state index in [1.807, 2.05) is 0 Å². The maximum atomic E-state index is 13.9. The van der Waals surface area contributed by atoms with Gasteiger partial charge in [0.15, 0.2) is 5.78 Å². The van der Waals surface area contributed by atoms with Crippen molar-refractivity contribution in [3.63, 3.8) is 0 Å². The minimum Gasteiger partial charge on any atom is -0.355 e. The zero-order valence-corrected chi connectivity index (χ0v) is 15.0. The highest BCUT2D eigenvalue weighted by atomic mass is 32.2. The van der Waals surface area contributed by atoms with Crippen molar-refractivity contribution < 1.29 is 14.0 Å². The molecular formula is C18H25FN2O2S. The number of benzene rings is 1. The molecule has 0 spiro atoms. The highest BCUT2D eigenvalue weighted by molar-refractivity contribution is 8.00. The number of nitrogens with zero attached hydrogens (tertiary/aromatic N) is 1. The van der Waals surface area contributed by atoms with Crippen LogP contribution in [0, 0.1) is 5.82 Å². The van der Waals surface area contributed by atoms with Crippen LogP contribution >= 0.6 is 11.8 Å². The third-order valence-corrected chi connectivity index (χ3v) is 5.17. The van der Waals surface area contributed by atoms with Gasteiger partial charge in [-0.1, -0.05) is 12.5 Å². The first-order chi connectivity index (χ1) is 11.6. The zero-order chi connectivity index (χ0) is 17.4. The normalized spacial score (nSPS) is 15.2. The molecule has 1 heterocycles. The van der Waals surface area contributed by atoms with E-state index in [0.717, 1.165) is 24.7 Å². The van der Waals surface area contributed by atoms with Gasteiger partial charge in [-0.15, -0.1) is 11.8 Å². The molecule has 0 radical (unpaired) electrons. The van der Waals surface area contributed by atoms with E-state index in [1.54, 1.807) is 12.1 Å². The second-order valence-electron chi connectivity index (χ2n) is 6.10. The molecule has 1 saturated heterocycles. The molecule has 1 N–H and O–H groups in total. The van der Waals surface area contributed by atoms with Crippen molar-refractivity contribution in [2.75, 3.05) is 31.9 Å². The fraction of sp³-hybridized carbons (Fsp3) is 0.556. The van der Waals surface area contributed by atoms with Gasteiger partial charge < -0.3 is 10.2 Å². The van der Waals surface area contributed by atoms with Crippen molar-refractivity contribution in [3.8, 4) is 0 Å². The number of Topliss-reactive ketones (excluding diaryl/α,β-unsaturated/α-hetero) is 1. The Balaban J connectivity index is 1.64. The fourth-order valence-corrected chi connectivity index (χ4v) is 3.49. The number of likely N-dealkylation sites (tertiary alicyclic amines) is 1. The van der Waals surface area contributed by atoms with Gasteiger partial charge in [0.2, 0.25) is 5.91 Å². The Bertz CT molecular complexity index is 574. The first-order valence-corrected chi connectivity index (χ1v) is 9.47. The lowest BCUT2D eigenvalue weighted by Gasteiger charge is -2.26. The molecule has 0 atom stereocenters. The predicted molar refractivity (Wildman–Crippen MR) is 95.0 cm³/mol. The molecular weight excluding hydrogens is 327 g/mol. The monoisotopic (exact) mass is 352 g/mol. The number of hydrogen-bond donors (Lipinski definition) is 1. The van der Waals surface area contributed by atoms with Crippen LogP contribution in [0.1, 0.15) is 43.0 Å². The van der Waals surface area contributed by atoms with E-state index in [9.17, 15) is 14.0 Å². The van der Waals surface area contributed by atoms with Crippen LogP contribution in [0.5, 0.6) is 0 Å². The lowest BCUT2D eigenvalue weighted by atomic mass is 10.1. The minimum absolute atomic E-state index is 0.0892. The molecule has 132 valence electrons. The van der Waals surface area contributed by atoms with Crippen LogP contribution in [-0.2, 0) is 4.79 Å². The van der Waals surface area contributed by atoms with Crippen LogP contribution in [-0.4, -0.2) is 48.5 Å². The molecule has 1 fully saturated rings. The van der Waals surface area contributed by atoms with Gasteiger partial charge in [0.05, 0.1) is 5.75 Å². The Labute approximate surface area is 147 Å². The number of piperidine rings is 1. The van der Waals surface area contributed by atoms with Crippen LogP contribution in [0.3, 0.4) is 0 Å². The lowest BCUT2D eigenvalue weighted by Crippen LogP contribution is -2.33. The first-order valence-electron chi connectivity index (χ1n) is 8.48. The summed E-state index contributed by atoms with van der Waals surface area (Å²) < 4.78 is 13.9. The number of carbonyl (C=O) groups is 2. The molecule has 2 rings (SSSR count). The van der Waals surface area contributed by atoms with E-state index >= 15 is 0 Å². The van der Waals surface area contributed by atoms with Gasteiger partial charge in [0, 0.05) is 17.0 Å². The largest absolute Gasteiger partial charge is 0.355 e. The van der Waals surface area contributed by atoms with Crippen molar-refractivity contribution in [1.82, 2.24) is 10.2 Å². The standard InChI is InChI=1S/C18H25FN2O2S/c1-14(22)15-6-7-17(16(19)12-15)24-13-18(23)20-8-5-11-21-9-3-2-4-10-21/h6-7,12H,2-5,8-11,13H2,1H3,(H,20,23). The summed E-state index contributed by atoms with van der Waals surface area (Å²) in [6, 6.07) is 4.37. The summed E-state index contributed by atoms with van der Waals surface area (Å²) in [6.07, 6.45) is 4.82. The molecule has 0 aromatic heterocycles. The van der Waals surface area contributed by atoms with Crippen LogP contribution in [0.4, 0.5) is 4.39 Å². The topological polar surface area (TPSA) is 49.4 Å². The predicted octanol–water partition coefficient (Wildman–Crippen LogP) is 3.11. The van der Waals surface area contributed by atoms with Gasteiger partial charge >= 0.3 is 0 Å². The number of hydrogen-bond acceptors (Lipinski definition) is 4. The molecule has 1 aliphatic rings. The Hall–Kier alpha value is -1.40. The number of nitrogens with one attached hydrogen (secondary N) is 1. The van der Waals surface area contributed by atoms with E-state index in [2.05, 4.69) is 10.2 Å². The van der Waals surface area contributed by atoms with E-state index in [-0.39, 0.29) is 17.4 Å². The third kappa shape index (κ3) is 6.24. The molecule has 1 amide bonds. The summed E-state index contributed by atoms with van der Waals surface area (Å²) in [5.74, 6) is -0.531. The highest BCUT2D eigenvalue weighted by Gasteiger charge is 2.11. The number of thioether (sulfide) groups is 1. The second kappa shape index (κ2) is 9.79. The Kier molecular flexibility index (Phi) is 7.72. The molecule has 6 heteroatoms. The highest BCUT2D eigenvalue weighted by Crippen LogP contribution is 2.22. The SMILES string of the molecule is CC(=O)c1ccc(SCC(=O)NCCCN2CCCCC2)c(F)c1. The number of amides is 1. The molecule has 1 aromatic carbocycles. The van der Waals surface area contributed by atoms with Gasteiger partial charge in [-0.05, 0) is 58.0 Å². The summed E-state index contributed by atoms with van der Waals surface area (Å²) in [6.45, 7) is 5.41. The maximum absolute atomic E-state index is 13.9. The molecule has 0 bridgehead atoms. The maximum Gasteiger partial charge on any atom is 0.230 e. The van der Waals surface area contributed by atoms with Crippen molar-refractivity contribution >= 4 is 23.5 Å². The number of ketones is 1. The van der Waals surface area contributed by atoms with Gasteiger partial charge in [-0.3, -0.25) is 9.59 Å². The molecule has 24 heavy (non-hydrogen) atoms. The molecule has 4 nitrogen and oxygen atoms in total. The molecule has 1 aromatic rings. The molecule has 0 saturated carbocycles. The summed E-state index contributed by atoms with van der Waals surface area (Å²) >= 11 is 1.15. The Morgan fingerprint density at radius 3 is 2.67 bits per heavy atom. The van der Waals surface area contributed by atoms with Crippen molar-refractivity contribution in [3.05, 3.63) is 29.6 Å². The van der Waals surface area contributed by atoms with Crippen molar-refractivity contribution in [2.45, 2.75) is 37.5 Å².